The van der Waals surface area contributed by atoms with Gasteiger partial charge in [0.25, 0.3) is 0 Å². The molecule has 1 amide bonds. The van der Waals surface area contributed by atoms with Gasteiger partial charge in [-0.25, -0.2) is 0 Å². The van der Waals surface area contributed by atoms with Crippen molar-refractivity contribution in [1.29, 1.82) is 0 Å². The molecule has 1 unspecified atom stereocenters. The van der Waals surface area contributed by atoms with Gasteiger partial charge in [-0.15, -0.1) is 0 Å². The Kier molecular flexibility index (Phi) is 2.79. The van der Waals surface area contributed by atoms with E-state index in [0.29, 0.717) is 12.5 Å². The second kappa shape index (κ2) is 4.24. The number of carbonyl (C=O) groups excluding carboxylic acids is 1. The minimum absolute atomic E-state index is 0.441. The predicted molar refractivity (Wildman–Crippen MR) is 54.9 cm³/mol. The fourth-order valence-corrected chi connectivity index (χ4v) is 1.82. The third-order valence-corrected chi connectivity index (χ3v) is 2.50. The zero-order valence-corrected chi connectivity index (χ0v) is 7.92. The van der Waals surface area contributed by atoms with Crippen molar-refractivity contribution in [2.24, 2.45) is 0 Å². The van der Waals surface area contributed by atoms with Gasteiger partial charge in [0.15, 0.2) is 0 Å². The van der Waals surface area contributed by atoms with Crippen molar-refractivity contribution in [3.05, 3.63) is 29.8 Å². The Bertz CT molecular complexity index is 319. The number of nitrogens with one attached hydrogen (secondary N) is 2. The van der Waals surface area contributed by atoms with E-state index in [1.165, 1.54) is 18.4 Å². The third kappa shape index (κ3) is 1.93. The van der Waals surface area contributed by atoms with Crippen LogP contribution in [0.2, 0.25) is 0 Å². The molecule has 73 valence electrons. The quantitative estimate of drug-likeness (QED) is 0.707. The van der Waals surface area contributed by atoms with Crippen LogP contribution in [0.4, 0.5) is 5.69 Å². The molecule has 1 radical (unpaired) electrons. The summed E-state index contributed by atoms with van der Waals surface area (Å²) in [6.45, 7) is 1.08. The van der Waals surface area contributed by atoms with Gasteiger partial charge in [0.05, 0.1) is 0 Å². The molecule has 0 saturated carbocycles. The van der Waals surface area contributed by atoms with Gasteiger partial charge in [0.2, 0.25) is 6.41 Å². The van der Waals surface area contributed by atoms with E-state index < -0.39 is 0 Å². The number of hydrogen-bond acceptors (Lipinski definition) is 2. The molecule has 3 heteroatoms. The Balaban J connectivity index is 2.16. The molecule has 2 rings (SSSR count). The van der Waals surface area contributed by atoms with Gasteiger partial charge in [-0.05, 0) is 31.0 Å². The summed E-state index contributed by atoms with van der Waals surface area (Å²) in [5.41, 5.74) is 1.97. The average molecular weight is 189 g/mol. The normalized spacial score (nSPS) is 20.7. The average Bonchev–Trinajstić information content (AvgIpc) is 2.71. The van der Waals surface area contributed by atoms with Crippen LogP contribution in [0.15, 0.2) is 18.2 Å². The molecule has 1 atom stereocenters. The number of rotatable bonds is 3. The lowest BCUT2D eigenvalue weighted by Gasteiger charge is -2.11. The molecule has 0 spiro atoms. The zero-order chi connectivity index (χ0) is 9.80. The number of carbonyl (C=O) groups is 1. The topological polar surface area (TPSA) is 41.1 Å². The van der Waals surface area contributed by atoms with Crippen LogP contribution in [0.1, 0.15) is 24.4 Å². The van der Waals surface area contributed by atoms with Crippen LogP contribution in [0, 0.1) is 6.07 Å². The lowest BCUT2D eigenvalue weighted by molar-refractivity contribution is -0.105. The maximum atomic E-state index is 10.3. The van der Waals surface area contributed by atoms with Crippen molar-refractivity contribution >= 4 is 12.1 Å². The molecule has 3 nitrogen and oxygen atoms in total. The Morgan fingerprint density at radius 2 is 2.57 bits per heavy atom. The standard InChI is InChI=1S/C11H13N2O/c14-8-13-10-4-1-3-9(7-10)11-5-2-6-12-11/h1,3,7-8,11-12H,2,5-6H2,(H,13,14). The highest BCUT2D eigenvalue weighted by Crippen LogP contribution is 2.24. The van der Waals surface area contributed by atoms with Crippen LogP contribution in [0.5, 0.6) is 0 Å². The first-order valence-corrected chi connectivity index (χ1v) is 4.85. The SMILES string of the molecule is O=CNc1[c]ccc(C2CCCN2)c1. The lowest BCUT2D eigenvalue weighted by Crippen LogP contribution is -2.12. The minimum Gasteiger partial charge on any atom is -0.328 e. The summed E-state index contributed by atoms with van der Waals surface area (Å²) in [7, 11) is 0. The molecular formula is C11H13N2O. The fraction of sp³-hybridized carbons (Fsp3) is 0.364. The highest BCUT2D eigenvalue weighted by molar-refractivity contribution is 5.71. The first-order chi connectivity index (χ1) is 6.90. The van der Waals surface area contributed by atoms with Crippen LogP contribution < -0.4 is 10.6 Å². The summed E-state index contributed by atoms with van der Waals surface area (Å²) in [4.78, 5) is 10.3. The number of hydrogen-bond donors (Lipinski definition) is 2. The molecule has 14 heavy (non-hydrogen) atoms. The first kappa shape index (κ1) is 9.21. The Morgan fingerprint density at radius 1 is 1.64 bits per heavy atom. The van der Waals surface area contributed by atoms with E-state index in [2.05, 4.69) is 16.7 Å². The van der Waals surface area contributed by atoms with Crippen LogP contribution in [0.25, 0.3) is 0 Å². The van der Waals surface area contributed by atoms with Crippen LogP contribution in [-0.4, -0.2) is 13.0 Å². The molecular weight excluding hydrogens is 176 g/mol. The van der Waals surface area contributed by atoms with Crippen LogP contribution in [0.3, 0.4) is 0 Å². The maximum absolute atomic E-state index is 10.3. The van der Waals surface area contributed by atoms with Gasteiger partial charge in [0.1, 0.15) is 0 Å². The number of anilines is 1. The van der Waals surface area contributed by atoms with E-state index in [0.717, 1.165) is 12.2 Å². The molecule has 0 bridgehead atoms. The number of benzene rings is 1. The third-order valence-electron chi connectivity index (χ3n) is 2.50. The Morgan fingerprint density at radius 3 is 3.29 bits per heavy atom. The van der Waals surface area contributed by atoms with Crippen molar-refractivity contribution in [2.75, 3.05) is 11.9 Å². The van der Waals surface area contributed by atoms with E-state index in [-0.39, 0.29) is 0 Å². The lowest BCUT2D eigenvalue weighted by atomic mass is 10.0. The predicted octanol–water partition coefficient (Wildman–Crippen LogP) is 1.48. The highest BCUT2D eigenvalue weighted by Gasteiger charge is 2.15. The molecule has 0 aliphatic carbocycles. The summed E-state index contributed by atoms with van der Waals surface area (Å²) >= 11 is 0. The van der Waals surface area contributed by atoms with Crippen molar-refractivity contribution in [3.8, 4) is 0 Å². The van der Waals surface area contributed by atoms with E-state index in [9.17, 15) is 4.79 Å². The van der Waals surface area contributed by atoms with Crippen molar-refractivity contribution in [3.63, 3.8) is 0 Å². The second-order valence-electron chi connectivity index (χ2n) is 3.45. The van der Waals surface area contributed by atoms with Crippen LogP contribution >= 0.6 is 0 Å². The van der Waals surface area contributed by atoms with E-state index >= 15 is 0 Å². The number of amides is 1. The van der Waals surface area contributed by atoms with E-state index in [4.69, 9.17) is 0 Å². The monoisotopic (exact) mass is 189 g/mol. The van der Waals surface area contributed by atoms with Gasteiger partial charge < -0.3 is 10.6 Å². The summed E-state index contributed by atoms with van der Waals surface area (Å²) in [5, 5.41) is 6.02. The summed E-state index contributed by atoms with van der Waals surface area (Å²) in [6, 6.07) is 9.26. The summed E-state index contributed by atoms with van der Waals surface area (Å²) in [6.07, 6.45) is 3.07. The minimum atomic E-state index is 0.441. The zero-order valence-electron chi connectivity index (χ0n) is 7.92. The van der Waals surface area contributed by atoms with Gasteiger partial charge >= 0.3 is 0 Å². The van der Waals surface area contributed by atoms with Gasteiger partial charge in [-0.2, -0.15) is 0 Å². The molecule has 1 aliphatic heterocycles. The molecule has 1 heterocycles. The maximum Gasteiger partial charge on any atom is 0.211 e. The largest absolute Gasteiger partial charge is 0.328 e. The Labute approximate surface area is 83.5 Å². The highest BCUT2D eigenvalue weighted by atomic mass is 16.1. The molecule has 0 aromatic heterocycles. The fourth-order valence-electron chi connectivity index (χ4n) is 1.82. The van der Waals surface area contributed by atoms with Crippen LogP contribution in [-0.2, 0) is 4.79 Å². The van der Waals surface area contributed by atoms with Gasteiger partial charge in [-0.1, -0.05) is 12.1 Å². The molecule has 1 aromatic rings. The smallest absolute Gasteiger partial charge is 0.211 e. The molecule has 2 N–H and O–H groups in total. The van der Waals surface area contributed by atoms with Gasteiger partial charge in [0, 0.05) is 17.8 Å². The molecule has 1 aromatic carbocycles. The van der Waals surface area contributed by atoms with Crippen molar-refractivity contribution in [2.45, 2.75) is 18.9 Å². The van der Waals surface area contributed by atoms with Crippen molar-refractivity contribution < 1.29 is 4.79 Å². The second-order valence-corrected chi connectivity index (χ2v) is 3.45. The molecule has 1 saturated heterocycles. The van der Waals surface area contributed by atoms with E-state index in [1.807, 2.05) is 18.2 Å². The summed E-state index contributed by atoms with van der Waals surface area (Å²) in [5.74, 6) is 0. The van der Waals surface area contributed by atoms with Gasteiger partial charge in [-0.3, -0.25) is 4.79 Å². The summed E-state index contributed by atoms with van der Waals surface area (Å²) < 4.78 is 0. The molecule has 1 fully saturated rings. The molecule has 1 aliphatic rings. The van der Waals surface area contributed by atoms with Crippen molar-refractivity contribution in [1.82, 2.24) is 5.32 Å². The first-order valence-electron chi connectivity index (χ1n) is 4.85. The van der Waals surface area contributed by atoms with E-state index in [1.54, 1.807) is 0 Å². The Hall–Kier alpha value is -1.35.